The van der Waals surface area contributed by atoms with Crippen molar-refractivity contribution in [3.63, 3.8) is 0 Å². The molecule has 0 saturated heterocycles. The molecule has 0 aliphatic heterocycles. The highest BCUT2D eigenvalue weighted by Crippen LogP contribution is 2.40. The van der Waals surface area contributed by atoms with Crippen LogP contribution in [0.4, 0.5) is 0 Å². The maximum atomic E-state index is 12.8. The largest absolute Gasteiger partial charge is 0.338 e. The first-order chi connectivity index (χ1) is 8.43. The van der Waals surface area contributed by atoms with Crippen LogP contribution in [0.25, 0.3) is 0 Å². The lowest BCUT2D eigenvalue weighted by atomic mass is 9.93. The molecule has 2 N–H and O–H groups in total. The van der Waals surface area contributed by atoms with Gasteiger partial charge in [-0.3, -0.25) is 4.79 Å². The second-order valence-corrected chi connectivity index (χ2v) is 6.85. The lowest BCUT2D eigenvalue weighted by molar-refractivity contribution is -0.140. The molecule has 3 nitrogen and oxygen atoms in total. The van der Waals surface area contributed by atoms with Crippen molar-refractivity contribution >= 4 is 5.91 Å². The minimum absolute atomic E-state index is 0.200. The molecule has 0 aromatic heterocycles. The highest BCUT2D eigenvalue weighted by molar-refractivity contribution is 5.86. The first-order valence-electron chi connectivity index (χ1n) is 7.53. The van der Waals surface area contributed by atoms with Crippen molar-refractivity contribution in [1.82, 2.24) is 4.90 Å². The van der Waals surface area contributed by atoms with E-state index in [-0.39, 0.29) is 5.91 Å². The smallest absolute Gasteiger partial charge is 0.242 e. The molecule has 18 heavy (non-hydrogen) atoms. The summed E-state index contributed by atoms with van der Waals surface area (Å²) in [6.45, 7) is 7.17. The second-order valence-electron chi connectivity index (χ2n) is 6.85. The van der Waals surface area contributed by atoms with E-state index in [0.717, 1.165) is 19.4 Å². The maximum absolute atomic E-state index is 12.8. The molecule has 0 bridgehead atoms. The predicted octanol–water partition coefficient (Wildman–Crippen LogP) is 2.54. The Bertz CT molecular complexity index is 302. The summed E-state index contributed by atoms with van der Waals surface area (Å²) in [6, 6.07) is 0.446. The van der Waals surface area contributed by atoms with Crippen molar-refractivity contribution in [2.24, 2.45) is 17.6 Å². The van der Waals surface area contributed by atoms with E-state index in [2.05, 4.69) is 18.7 Å². The van der Waals surface area contributed by atoms with Gasteiger partial charge in [0.2, 0.25) is 5.91 Å². The number of nitrogens with zero attached hydrogens (tertiary/aromatic N) is 1. The molecule has 2 rings (SSSR count). The number of hydrogen-bond acceptors (Lipinski definition) is 2. The predicted molar refractivity (Wildman–Crippen MR) is 74.1 cm³/mol. The third-order valence-electron chi connectivity index (χ3n) is 4.47. The number of carbonyl (C=O) groups excluding carboxylic acids is 1. The lowest BCUT2D eigenvalue weighted by Gasteiger charge is -2.37. The number of rotatable bonds is 5. The minimum Gasteiger partial charge on any atom is -0.338 e. The molecule has 0 radical (unpaired) electrons. The average molecular weight is 252 g/mol. The Morgan fingerprint density at radius 1 is 1.28 bits per heavy atom. The molecule has 0 aromatic carbocycles. The molecule has 2 aliphatic carbocycles. The van der Waals surface area contributed by atoms with Crippen LogP contribution in [0.2, 0.25) is 0 Å². The van der Waals surface area contributed by atoms with Crippen molar-refractivity contribution in [2.75, 3.05) is 6.54 Å². The fourth-order valence-corrected chi connectivity index (χ4v) is 3.17. The first kappa shape index (κ1) is 13.9. The molecule has 104 valence electrons. The third-order valence-corrected chi connectivity index (χ3v) is 4.47. The number of amides is 1. The quantitative estimate of drug-likeness (QED) is 0.817. The molecular formula is C15H28N2O. The molecule has 0 aromatic rings. The molecule has 1 amide bonds. The molecule has 2 saturated carbocycles. The Kier molecular flexibility index (Phi) is 4.00. The highest BCUT2D eigenvalue weighted by atomic mass is 16.2. The van der Waals surface area contributed by atoms with Gasteiger partial charge in [-0.15, -0.1) is 0 Å². The fourth-order valence-electron chi connectivity index (χ4n) is 3.17. The van der Waals surface area contributed by atoms with Gasteiger partial charge in [-0.1, -0.05) is 26.7 Å². The van der Waals surface area contributed by atoms with Crippen molar-refractivity contribution in [2.45, 2.75) is 70.9 Å². The summed E-state index contributed by atoms with van der Waals surface area (Å²) in [5.41, 5.74) is 5.69. The topological polar surface area (TPSA) is 46.3 Å². The van der Waals surface area contributed by atoms with E-state index in [1.165, 1.54) is 25.7 Å². The van der Waals surface area contributed by atoms with E-state index < -0.39 is 5.54 Å². The molecule has 3 heteroatoms. The monoisotopic (exact) mass is 252 g/mol. The summed E-state index contributed by atoms with van der Waals surface area (Å²) in [5, 5.41) is 0. The number of carbonyl (C=O) groups is 1. The molecule has 0 heterocycles. The zero-order chi connectivity index (χ0) is 13.3. The van der Waals surface area contributed by atoms with Gasteiger partial charge in [0.15, 0.2) is 0 Å². The van der Waals surface area contributed by atoms with Gasteiger partial charge in [0.05, 0.1) is 5.54 Å². The van der Waals surface area contributed by atoms with Crippen LogP contribution in [0, 0.1) is 11.8 Å². The van der Waals surface area contributed by atoms with Crippen LogP contribution in [0.1, 0.15) is 59.3 Å². The third kappa shape index (κ3) is 2.87. The first-order valence-corrected chi connectivity index (χ1v) is 7.53. The van der Waals surface area contributed by atoms with E-state index in [1.807, 2.05) is 6.92 Å². The number of nitrogens with two attached hydrogens (primary N) is 1. The summed E-state index contributed by atoms with van der Waals surface area (Å²) < 4.78 is 0. The Labute approximate surface area is 111 Å². The van der Waals surface area contributed by atoms with E-state index in [4.69, 9.17) is 5.73 Å². The molecular weight excluding hydrogens is 224 g/mol. The Balaban J connectivity index is 2.09. The Morgan fingerprint density at radius 2 is 1.83 bits per heavy atom. The van der Waals surface area contributed by atoms with Crippen molar-refractivity contribution in [1.29, 1.82) is 0 Å². The summed E-state index contributed by atoms with van der Waals surface area (Å²) in [4.78, 5) is 14.9. The lowest BCUT2D eigenvalue weighted by Crippen LogP contribution is -2.57. The van der Waals surface area contributed by atoms with Gasteiger partial charge in [-0.25, -0.2) is 0 Å². The van der Waals surface area contributed by atoms with E-state index >= 15 is 0 Å². The fraction of sp³-hybridized carbons (Fsp3) is 0.933. The van der Waals surface area contributed by atoms with Gasteiger partial charge in [-0.05, 0) is 44.4 Å². The Hall–Kier alpha value is -0.570. The van der Waals surface area contributed by atoms with Gasteiger partial charge < -0.3 is 10.6 Å². The zero-order valence-electron chi connectivity index (χ0n) is 12.1. The van der Waals surface area contributed by atoms with Crippen LogP contribution < -0.4 is 5.73 Å². The van der Waals surface area contributed by atoms with E-state index in [0.29, 0.717) is 17.9 Å². The molecule has 1 unspecified atom stereocenters. The van der Waals surface area contributed by atoms with Crippen molar-refractivity contribution < 1.29 is 4.79 Å². The zero-order valence-corrected chi connectivity index (χ0v) is 12.1. The SMILES string of the molecule is CC(C)CN(C(=O)C(C)(N)C1CC1)C1CCCC1. The van der Waals surface area contributed by atoms with E-state index in [9.17, 15) is 4.79 Å². The van der Waals surface area contributed by atoms with Crippen LogP contribution in [0.5, 0.6) is 0 Å². The van der Waals surface area contributed by atoms with Gasteiger partial charge in [-0.2, -0.15) is 0 Å². The summed E-state index contributed by atoms with van der Waals surface area (Å²) in [6.07, 6.45) is 7.10. The maximum Gasteiger partial charge on any atom is 0.242 e. The van der Waals surface area contributed by atoms with Gasteiger partial charge in [0, 0.05) is 12.6 Å². The van der Waals surface area contributed by atoms with Crippen molar-refractivity contribution in [3.8, 4) is 0 Å². The molecule has 1 atom stereocenters. The summed E-state index contributed by atoms with van der Waals surface area (Å²) in [7, 11) is 0. The minimum atomic E-state index is -0.627. The highest BCUT2D eigenvalue weighted by Gasteiger charge is 2.47. The second kappa shape index (κ2) is 5.20. The summed E-state index contributed by atoms with van der Waals surface area (Å²) >= 11 is 0. The number of hydrogen-bond donors (Lipinski definition) is 1. The average Bonchev–Trinajstić information content (AvgIpc) is 3.03. The van der Waals surface area contributed by atoms with Gasteiger partial charge in [0.25, 0.3) is 0 Å². The van der Waals surface area contributed by atoms with Crippen LogP contribution >= 0.6 is 0 Å². The van der Waals surface area contributed by atoms with E-state index in [1.54, 1.807) is 0 Å². The Morgan fingerprint density at radius 3 is 2.28 bits per heavy atom. The van der Waals surface area contributed by atoms with Crippen LogP contribution in [0.3, 0.4) is 0 Å². The van der Waals surface area contributed by atoms with Crippen molar-refractivity contribution in [3.05, 3.63) is 0 Å². The van der Waals surface area contributed by atoms with Crippen LogP contribution in [0.15, 0.2) is 0 Å². The van der Waals surface area contributed by atoms with Gasteiger partial charge in [0.1, 0.15) is 0 Å². The normalized spacial score (nSPS) is 24.3. The summed E-state index contributed by atoms with van der Waals surface area (Å²) in [5.74, 6) is 1.14. The molecule has 2 aliphatic rings. The van der Waals surface area contributed by atoms with Gasteiger partial charge >= 0.3 is 0 Å². The van der Waals surface area contributed by atoms with Crippen LogP contribution in [-0.4, -0.2) is 28.9 Å². The standard InChI is InChI=1S/C15H28N2O/c1-11(2)10-17(13-6-4-5-7-13)14(18)15(3,16)12-8-9-12/h11-13H,4-10,16H2,1-3H3. The molecule has 2 fully saturated rings. The molecule has 0 spiro atoms. The van der Waals surface area contributed by atoms with Crippen LogP contribution in [-0.2, 0) is 4.79 Å².